The summed E-state index contributed by atoms with van der Waals surface area (Å²) in [5, 5.41) is 36.5. The van der Waals surface area contributed by atoms with Gasteiger partial charge >= 0.3 is 0 Å². The number of nitrogens with two attached hydrogens (primary N) is 1. The fraction of sp³-hybridized carbons (Fsp3) is 1.00. The lowest BCUT2D eigenvalue weighted by Gasteiger charge is -2.38. The minimum Gasteiger partial charge on any atom is -0.396 e. The van der Waals surface area contributed by atoms with Crippen molar-refractivity contribution in [2.24, 2.45) is 11.7 Å². The van der Waals surface area contributed by atoms with Crippen molar-refractivity contribution in [1.82, 2.24) is 0 Å². The van der Waals surface area contributed by atoms with Gasteiger partial charge in [-0.3, -0.25) is 0 Å². The molecule has 0 radical (unpaired) electrons. The second-order valence-electron chi connectivity index (χ2n) is 3.31. The molecule has 1 rings (SSSR count). The molecule has 5 atom stereocenters. The van der Waals surface area contributed by atoms with Crippen molar-refractivity contribution >= 4 is 0 Å². The van der Waals surface area contributed by atoms with Crippen molar-refractivity contribution in [1.29, 1.82) is 0 Å². The Balaban J connectivity index is 2.63. The zero-order valence-corrected chi connectivity index (χ0v) is 6.67. The second-order valence-corrected chi connectivity index (χ2v) is 3.31. The average molecular weight is 177 g/mol. The number of hydrogen-bond acceptors (Lipinski definition) is 5. The molecule has 0 aliphatic heterocycles. The van der Waals surface area contributed by atoms with E-state index >= 15 is 0 Å². The molecule has 5 nitrogen and oxygen atoms in total. The number of aliphatic hydroxyl groups is 4. The summed E-state index contributed by atoms with van der Waals surface area (Å²) in [6, 6.07) is -0.569. The molecule has 0 spiro atoms. The Bertz CT molecular complexity index is 150. The SMILES string of the molecule is N[C@H]1C[C@@H](CO)[C@H](O)[C@@H](O)[C@H]1O. The van der Waals surface area contributed by atoms with Gasteiger partial charge in [-0.15, -0.1) is 0 Å². The fourth-order valence-electron chi connectivity index (χ4n) is 1.55. The normalized spacial score (nSPS) is 49.2. The van der Waals surface area contributed by atoms with Crippen LogP contribution in [0.1, 0.15) is 6.42 Å². The Morgan fingerprint density at radius 1 is 1.08 bits per heavy atom. The molecule has 0 aromatic carbocycles. The maximum absolute atomic E-state index is 9.30. The third-order valence-corrected chi connectivity index (χ3v) is 2.43. The Hall–Kier alpha value is -0.200. The van der Waals surface area contributed by atoms with E-state index < -0.39 is 30.3 Å². The minimum atomic E-state index is -1.24. The zero-order valence-electron chi connectivity index (χ0n) is 6.67. The first kappa shape index (κ1) is 9.88. The quantitative estimate of drug-likeness (QED) is 0.302. The predicted molar refractivity (Wildman–Crippen MR) is 41.2 cm³/mol. The van der Waals surface area contributed by atoms with Crippen molar-refractivity contribution in [3.05, 3.63) is 0 Å². The van der Waals surface area contributed by atoms with Crippen LogP contribution in [0.4, 0.5) is 0 Å². The summed E-state index contributed by atoms with van der Waals surface area (Å²) in [5.41, 5.74) is 5.46. The molecule has 12 heavy (non-hydrogen) atoms. The van der Waals surface area contributed by atoms with Crippen LogP contribution in [0.3, 0.4) is 0 Å². The highest BCUT2D eigenvalue weighted by Crippen LogP contribution is 2.24. The number of rotatable bonds is 1. The molecule has 0 heterocycles. The number of hydrogen-bond donors (Lipinski definition) is 5. The first-order valence-electron chi connectivity index (χ1n) is 3.98. The highest BCUT2D eigenvalue weighted by Gasteiger charge is 2.40. The van der Waals surface area contributed by atoms with Crippen LogP contribution < -0.4 is 5.73 Å². The molecule has 0 bridgehead atoms. The molecular formula is C7H15NO4. The van der Waals surface area contributed by atoms with Gasteiger partial charge in [0.1, 0.15) is 6.10 Å². The van der Waals surface area contributed by atoms with Crippen LogP contribution in [0, 0.1) is 5.92 Å². The largest absolute Gasteiger partial charge is 0.396 e. The second kappa shape index (κ2) is 3.68. The van der Waals surface area contributed by atoms with E-state index in [1.807, 2.05) is 0 Å². The smallest absolute Gasteiger partial charge is 0.108 e. The van der Waals surface area contributed by atoms with Gasteiger partial charge in [0.2, 0.25) is 0 Å². The Labute approximate surface area is 70.4 Å². The minimum absolute atomic E-state index is 0.224. The molecule has 0 unspecified atom stereocenters. The van der Waals surface area contributed by atoms with Gasteiger partial charge in [-0.2, -0.15) is 0 Å². The summed E-state index contributed by atoms with van der Waals surface area (Å²) in [5.74, 6) is -0.432. The molecule has 0 amide bonds. The summed E-state index contributed by atoms with van der Waals surface area (Å²) in [6.07, 6.45) is -3.09. The maximum Gasteiger partial charge on any atom is 0.108 e. The molecule has 0 aromatic rings. The predicted octanol–water partition coefficient (Wildman–Crippen LogP) is -2.59. The molecule has 1 aliphatic carbocycles. The van der Waals surface area contributed by atoms with Crippen molar-refractivity contribution in [2.45, 2.75) is 30.8 Å². The van der Waals surface area contributed by atoms with Crippen molar-refractivity contribution in [3.63, 3.8) is 0 Å². The summed E-state index contributed by atoms with van der Waals surface area (Å²) >= 11 is 0. The molecular weight excluding hydrogens is 162 g/mol. The highest BCUT2D eigenvalue weighted by atomic mass is 16.4. The lowest BCUT2D eigenvalue weighted by molar-refractivity contribution is -0.125. The van der Waals surface area contributed by atoms with Crippen LogP contribution in [0.15, 0.2) is 0 Å². The molecule has 5 heteroatoms. The van der Waals surface area contributed by atoms with Gasteiger partial charge in [0.05, 0.1) is 12.2 Å². The van der Waals surface area contributed by atoms with Crippen LogP contribution in [-0.4, -0.2) is 51.4 Å². The van der Waals surface area contributed by atoms with E-state index in [0.717, 1.165) is 0 Å². The third kappa shape index (κ3) is 1.60. The Morgan fingerprint density at radius 2 is 1.67 bits per heavy atom. The molecule has 0 aromatic heterocycles. The molecule has 1 saturated carbocycles. The molecule has 72 valence electrons. The van der Waals surface area contributed by atoms with E-state index in [2.05, 4.69) is 0 Å². The van der Waals surface area contributed by atoms with Gasteiger partial charge in [-0.05, 0) is 6.42 Å². The van der Waals surface area contributed by atoms with E-state index in [9.17, 15) is 15.3 Å². The van der Waals surface area contributed by atoms with E-state index in [1.54, 1.807) is 0 Å². The Kier molecular flexibility index (Phi) is 3.03. The molecule has 1 aliphatic rings. The summed E-state index contributed by atoms with van der Waals surface area (Å²) < 4.78 is 0. The maximum atomic E-state index is 9.30. The lowest BCUT2D eigenvalue weighted by atomic mass is 9.80. The van der Waals surface area contributed by atoms with Crippen molar-refractivity contribution in [2.75, 3.05) is 6.61 Å². The fourth-order valence-corrected chi connectivity index (χ4v) is 1.55. The van der Waals surface area contributed by atoms with Crippen LogP contribution in [-0.2, 0) is 0 Å². The van der Waals surface area contributed by atoms with Crippen LogP contribution in [0.25, 0.3) is 0 Å². The summed E-state index contributed by atoms with van der Waals surface area (Å²) in [6.45, 7) is -0.224. The lowest BCUT2D eigenvalue weighted by Crippen LogP contribution is -2.57. The van der Waals surface area contributed by atoms with E-state index in [-0.39, 0.29) is 6.61 Å². The van der Waals surface area contributed by atoms with Gasteiger partial charge in [0.15, 0.2) is 0 Å². The standard InChI is InChI=1S/C7H15NO4/c8-4-1-3(2-9)5(10)7(12)6(4)11/h3-7,9-12H,1-2,8H2/t3-,4-,5-,6-,7+/m0/s1. The molecule has 1 fully saturated rings. The van der Waals surface area contributed by atoms with Gasteiger partial charge in [0.25, 0.3) is 0 Å². The van der Waals surface area contributed by atoms with Crippen LogP contribution >= 0.6 is 0 Å². The van der Waals surface area contributed by atoms with E-state index in [4.69, 9.17) is 10.8 Å². The number of aliphatic hydroxyl groups excluding tert-OH is 4. The summed E-state index contributed by atoms with van der Waals surface area (Å²) in [4.78, 5) is 0. The monoisotopic (exact) mass is 177 g/mol. The van der Waals surface area contributed by atoms with E-state index in [0.29, 0.717) is 6.42 Å². The highest BCUT2D eigenvalue weighted by molar-refractivity contribution is 4.94. The van der Waals surface area contributed by atoms with Gasteiger partial charge in [-0.25, -0.2) is 0 Å². The van der Waals surface area contributed by atoms with Crippen LogP contribution in [0.5, 0.6) is 0 Å². The van der Waals surface area contributed by atoms with E-state index in [1.165, 1.54) is 0 Å². The Morgan fingerprint density at radius 3 is 2.17 bits per heavy atom. The first-order chi connectivity index (χ1) is 5.57. The van der Waals surface area contributed by atoms with Crippen LogP contribution in [0.2, 0.25) is 0 Å². The van der Waals surface area contributed by atoms with Gasteiger partial charge < -0.3 is 26.2 Å². The first-order valence-corrected chi connectivity index (χ1v) is 3.98. The topological polar surface area (TPSA) is 107 Å². The third-order valence-electron chi connectivity index (χ3n) is 2.43. The van der Waals surface area contributed by atoms with Crippen molar-refractivity contribution in [3.8, 4) is 0 Å². The van der Waals surface area contributed by atoms with Crippen molar-refractivity contribution < 1.29 is 20.4 Å². The molecule has 6 N–H and O–H groups in total. The van der Waals surface area contributed by atoms with Gasteiger partial charge in [0, 0.05) is 18.6 Å². The molecule has 0 saturated heterocycles. The van der Waals surface area contributed by atoms with Gasteiger partial charge in [-0.1, -0.05) is 0 Å². The summed E-state index contributed by atoms with van der Waals surface area (Å²) in [7, 11) is 0. The average Bonchev–Trinajstić information content (AvgIpc) is 2.08. The zero-order chi connectivity index (χ0) is 9.30.